The van der Waals surface area contributed by atoms with Crippen LogP contribution in [0.1, 0.15) is 11.5 Å². The van der Waals surface area contributed by atoms with Crippen molar-refractivity contribution >= 4 is 49.2 Å². The molecule has 0 radical (unpaired) electrons. The number of alkyl halides is 3. The Balaban J connectivity index is 0.000000227. The second-order valence-corrected chi connectivity index (χ2v) is 10.6. The molecule has 2 heterocycles. The lowest BCUT2D eigenvalue weighted by atomic mass is 10.2. The van der Waals surface area contributed by atoms with Gasteiger partial charge < -0.3 is 10.1 Å². The van der Waals surface area contributed by atoms with Gasteiger partial charge in [0.1, 0.15) is 5.75 Å². The highest BCUT2D eigenvalue weighted by Gasteiger charge is 2.35. The maximum atomic E-state index is 13.1. The van der Waals surface area contributed by atoms with Gasteiger partial charge in [0.25, 0.3) is 0 Å². The minimum Gasteiger partial charge on any atom is -0.497 e. The van der Waals surface area contributed by atoms with E-state index in [1.54, 1.807) is 49.4 Å². The van der Waals surface area contributed by atoms with Gasteiger partial charge in [0.2, 0.25) is 20.8 Å². The molecule has 0 saturated heterocycles. The second kappa shape index (κ2) is 12.2. The maximum absolute atomic E-state index is 13.1. The molecule has 0 saturated carbocycles. The van der Waals surface area contributed by atoms with Gasteiger partial charge in [-0.3, -0.25) is 10.9 Å². The van der Waals surface area contributed by atoms with Gasteiger partial charge in [-0.1, -0.05) is 36.4 Å². The number of amides is 2. The van der Waals surface area contributed by atoms with Gasteiger partial charge in [-0.05, 0) is 37.3 Å². The van der Waals surface area contributed by atoms with Crippen molar-refractivity contribution in [3.8, 4) is 5.75 Å². The molecule has 15 heteroatoms. The number of sulfone groups is 1. The number of hydrazine groups is 1. The molecule has 0 unspecified atom stereocenters. The van der Waals surface area contributed by atoms with Crippen molar-refractivity contribution in [3.63, 3.8) is 0 Å². The predicted octanol–water partition coefficient (Wildman–Crippen LogP) is 5.15. The smallest absolute Gasteiger partial charge is 0.451 e. The van der Waals surface area contributed by atoms with Crippen LogP contribution >= 0.6 is 0 Å². The van der Waals surface area contributed by atoms with Gasteiger partial charge in [0.05, 0.1) is 18.1 Å². The summed E-state index contributed by atoms with van der Waals surface area (Å²) in [6.45, 7) is 1.78. The zero-order valence-corrected chi connectivity index (χ0v) is 23.2. The highest BCUT2D eigenvalue weighted by Crippen LogP contribution is 2.31. The van der Waals surface area contributed by atoms with Crippen LogP contribution in [0.2, 0.25) is 0 Å². The molecule has 5 aromatic rings. The number of para-hydroxylation sites is 2. The summed E-state index contributed by atoms with van der Waals surface area (Å²) < 4.78 is 66.9. The summed E-state index contributed by atoms with van der Waals surface area (Å²) in [7, 11) is -1.95. The Morgan fingerprint density at radius 1 is 0.857 bits per heavy atom. The highest BCUT2D eigenvalue weighted by atomic mass is 32.2. The number of aromatic nitrogens is 4. The lowest BCUT2D eigenvalue weighted by Gasteiger charge is -2.14. The average molecular weight is 600 g/mol. The fourth-order valence-electron chi connectivity index (χ4n) is 3.63. The van der Waals surface area contributed by atoms with Crippen molar-refractivity contribution in [2.24, 2.45) is 0 Å². The van der Waals surface area contributed by atoms with E-state index in [4.69, 9.17) is 4.74 Å². The first-order valence-electron chi connectivity index (χ1n) is 12.1. The van der Waals surface area contributed by atoms with Crippen molar-refractivity contribution in [1.82, 2.24) is 25.4 Å². The summed E-state index contributed by atoms with van der Waals surface area (Å²) in [5, 5.41) is 3.57. The quantitative estimate of drug-likeness (QED) is 0.184. The summed E-state index contributed by atoms with van der Waals surface area (Å²) in [4.78, 5) is 26.9. The van der Waals surface area contributed by atoms with Crippen molar-refractivity contribution in [1.29, 1.82) is 0 Å². The lowest BCUT2D eigenvalue weighted by Crippen LogP contribution is -2.34. The molecule has 3 aromatic carbocycles. The van der Waals surface area contributed by atoms with Gasteiger partial charge in [0.15, 0.2) is 5.82 Å². The van der Waals surface area contributed by atoms with E-state index >= 15 is 0 Å². The molecule has 0 bridgehead atoms. The monoisotopic (exact) mass is 599 g/mol. The molecule has 0 aliphatic carbocycles. The molecule has 42 heavy (non-hydrogen) atoms. The number of carbonyl (C=O) groups excluding carboxylic acids is 1. The molecule has 0 atom stereocenters. The fourth-order valence-corrected chi connectivity index (χ4v) is 4.20. The summed E-state index contributed by atoms with van der Waals surface area (Å²) in [5.41, 5.74) is 6.54. The normalized spacial score (nSPS) is 11.4. The van der Waals surface area contributed by atoms with Gasteiger partial charge in [-0.2, -0.15) is 13.2 Å². The minimum atomic E-state index is -4.75. The zero-order valence-electron chi connectivity index (χ0n) is 22.4. The Labute approximate surface area is 238 Å². The summed E-state index contributed by atoms with van der Waals surface area (Å²) in [5.74, 6) is -1.19. The molecule has 0 fully saturated rings. The second-order valence-electron chi connectivity index (χ2n) is 8.73. The van der Waals surface area contributed by atoms with E-state index < -0.39 is 27.9 Å². The third-order valence-corrected chi connectivity index (χ3v) is 6.43. The van der Waals surface area contributed by atoms with Crippen LogP contribution in [0, 0.1) is 6.92 Å². The van der Waals surface area contributed by atoms with E-state index in [9.17, 15) is 26.4 Å². The number of hydrogen-bond donors (Lipinski definition) is 3. The molecule has 2 aromatic heterocycles. The highest BCUT2D eigenvalue weighted by molar-refractivity contribution is 7.90. The Morgan fingerprint density at radius 2 is 1.55 bits per heavy atom. The molecular weight excluding hydrogens is 575 g/mol. The fraction of sp³-hybridized carbons (Fsp3) is 0.148. The number of methoxy groups -OCH3 is 1. The van der Waals surface area contributed by atoms with Gasteiger partial charge in [-0.25, -0.2) is 33.1 Å². The number of nitrogens with zero attached hydrogens (tertiary/aromatic N) is 4. The number of anilines is 2. The first-order valence-corrected chi connectivity index (χ1v) is 14.0. The number of rotatable bonds is 5. The molecule has 11 nitrogen and oxygen atoms in total. The van der Waals surface area contributed by atoms with E-state index in [1.807, 2.05) is 18.2 Å². The van der Waals surface area contributed by atoms with E-state index in [-0.39, 0.29) is 21.9 Å². The van der Waals surface area contributed by atoms with Crippen LogP contribution in [0.3, 0.4) is 0 Å². The number of hydrogen-bond acceptors (Lipinski definition) is 9. The topological polar surface area (TPSA) is 148 Å². The van der Waals surface area contributed by atoms with E-state index in [0.717, 1.165) is 11.6 Å². The van der Waals surface area contributed by atoms with E-state index in [1.165, 1.54) is 19.2 Å². The Hall–Kier alpha value is -5.05. The Bertz CT molecular complexity index is 1850. The van der Waals surface area contributed by atoms with Crippen molar-refractivity contribution in [2.45, 2.75) is 18.3 Å². The predicted molar refractivity (Wildman–Crippen MR) is 151 cm³/mol. The molecule has 0 aliphatic rings. The summed E-state index contributed by atoms with van der Waals surface area (Å²) in [6.07, 6.45) is -3.64. The van der Waals surface area contributed by atoms with Crippen molar-refractivity contribution < 1.29 is 31.1 Å². The van der Waals surface area contributed by atoms with Gasteiger partial charge in [0, 0.05) is 34.5 Å². The molecule has 218 valence electrons. The van der Waals surface area contributed by atoms with Crippen LogP contribution in [0.4, 0.5) is 29.5 Å². The zero-order chi connectivity index (χ0) is 30.5. The number of ether oxygens (including phenoxy) is 1. The van der Waals surface area contributed by atoms with Gasteiger partial charge in [-0.15, -0.1) is 0 Å². The number of benzene rings is 3. The number of aryl methyl sites for hydroxylation is 1. The molecule has 3 N–H and O–H groups in total. The Morgan fingerprint density at radius 3 is 2.21 bits per heavy atom. The standard InChI is InChI=1S/C17H14F3N5O2.C10H10N2O2S/c1-27-11-7-8-12-13(9-11)22-15(17(18,19)20)23-14(12)24-25-16(26)21-10-5-3-2-4-6-10;1-7-8-5-3-4-6-9(8)12-10(11-7)15(2,13)14/h2-9H,1H3,(H2,21,25,26)(H,22,23,24);3-6H,1-2H3. The average Bonchev–Trinajstić information content (AvgIpc) is 2.95. The molecule has 0 aliphatic heterocycles. The number of halogens is 3. The van der Waals surface area contributed by atoms with Crippen LogP contribution in [0.5, 0.6) is 5.75 Å². The van der Waals surface area contributed by atoms with Gasteiger partial charge >= 0.3 is 12.2 Å². The van der Waals surface area contributed by atoms with Crippen LogP contribution in [0.25, 0.3) is 21.8 Å². The van der Waals surface area contributed by atoms with Crippen molar-refractivity contribution in [2.75, 3.05) is 24.1 Å². The molecule has 5 rings (SSSR count). The van der Waals surface area contributed by atoms with Crippen LogP contribution < -0.4 is 20.9 Å². The number of carbonyl (C=O) groups is 1. The molecular formula is C27H24F3N7O4S. The first kappa shape index (κ1) is 29.9. The number of urea groups is 1. The minimum absolute atomic E-state index is 0.0180. The van der Waals surface area contributed by atoms with E-state index in [2.05, 4.69) is 36.1 Å². The number of fused-ring (bicyclic) bond motifs is 2. The third-order valence-electron chi connectivity index (χ3n) is 5.59. The molecule has 2 amide bonds. The van der Waals surface area contributed by atoms with Crippen molar-refractivity contribution in [3.05, 3.63) is 84.3 Å². The van der Waals surface area contributed by atoms with E-state index in [0.29, 0.717) is 22.6 Å². The lowest BCUT2D eigenvalue weighted by molar-refractivity contribution is -0.144. The third kappa shape index (κ3) is 7.37. The Kier molecular flexibility index (Phi) is 8.70. The summed E-state index contributed by atoms with van der Waals surface area (Å²) >= 11 is 0. The first-order chi connectivity index (χ1) is 19.8. The summed E-state index contributed by atoms with van der Waals surface area (Å²) in [6, 6.07) is 19.6. The molecule has 0 spiro atoms. The SMILES string of the molecule is COc1ccc2c(NNC(=O)Nc3ccccc3)nc(C(F)(F)F)nc2c1.Cc1nc(S(C)(=O)=O)nc2ccccc12. The maximum Gasteiger partial charge on any atom is 0.451 e. The van der Waals surface area contributed by atoms with Crippen LogP contribution in [-0.2, 0) is 16.0 Å². The van der Waals surface area contributed by atoms with Crippen LogP contribution in [0.15, 0.2) is 78.0 Å². The number of nitrogens with one attached hydrogen (secondary N) is 3. The largest absolute Gasteiger partial charge is 0.497 e. The van der Waals surface area contributed by atoms with Crippen LogP contribution in [-0.4, -0.2) is 47.8 Å².